The van der Waals surface area contributed by atoms with Crippen molar-refractivity contribution in [3.05, 3.63) is 29.6 Å². The quantitative estimate of drug-likeness (QED) is 0.617. The molecular formula is C18H28FNO3S. The molecule has 0 saturated heterocycles. The average Bonchev–Trinajstić information content (AvgIpc) is 3.34. The summed E-state index contributed by atoms with van der Waals surface area (Å²) in [6, 6.07) is 4.61. The summed E-state index contributed by atoms with van der Waals surface area (Å²) in [6.45, 7) is 2.98. The molecule has 0 heterocycles. The second-order valence-corrected chi connectivity index (χ2v) is 9.03. The van der Waals surface area contributed by atoms with Gasteiger partial charge in [-0.15, -0.1) is 0 Å². The predicted molar refractivity (Wildman–Crippen MR) is 94.6 cm³/mol. The highest BCUT2D eigenvalue weighted by atomic mass is 32.2. The third-order valence-electron chi connectivity index (χ3n) is 4.34. The summed E-state index contributed by atoms with van der Waals surface area (Å²) >= 11 is 0. The Labute approximate surface area is 144 Å². The lowest BCUT2D eigenvalue weighted by atomic mass is 10.0. The highest BCUT2D eigenvalue weighted by Gasteiger charge is 2.23. The molecule has 1 aliphatic carbocycles. The Hall–Kier alpha value is -1.14. The maximum Gasteiger partial charge on any atom is 0.150 e. The molecule has 4 nitrogen and oxygen atoms in total. The third kappa shape index (κ3) is 6.40. The van der Waals surface area contributed by atoms with E-state index < -0.39 is 15.8 Å². The van der Waals surface area contributed by atoms with Crippen molar-refractivity contribution in [2.45, 2.75) is 44.9 Å². The summed E-state index contributed by atoms with van der Waals surface area (Å²) in [7, 11) is -3.20. The first-order chi connectivity index (χ1) is 11.4. The highest BCUT2D eigenvalue weighted by molar-refractivity contribution is 7.91. The Kier molecular flexibility index (Phi) is 7.04. The monoisotopic (exact) mass is 357 g/mol. The van der Waals surface area contributed by atoms with E-state index in [1.54, 1.807) is 19.1 Å². The lowest BCUT2D eigenvalue weighted by molar-refractivity contribution is 0.299. The molecule has 0 bridgehead atoms. The smallest absolute Gasteiger partial charge is 0.150 e. The molecule has 0 aliphatic heterocycles. The Morgan fingerprint density at radius 3 is 2.71 bits per heavy atom. The molecule has 2 rings (SSSR count). The molecule has 6 heteroatoms. The number of rotatable bonds is 11. The number of ether oxygens (including phenoxy) is 1. The van der Waals surface area contributed by atoms with Gasteiger partial charge in [-0.05, 0) is 67.8 Å². The molecule has 0 aromatic heterocycles. The summed E-state index contributed by atoms with van der Waals surface area (Å²) in [4.78, 5) is 0. The zero-order valence-electron chi connectivity index (χ0n) is 14.3. The summed E-state index contributed by atoms with van der Waals surface area (Å²) in [5.41, 5.74) is 5.82. The molecule has 136 valence electrons. The summed E-state index contributed by atoms with van der Waals surface area (Å²) in [5, 5.41) is 0. The number of sulfone groups is 1. The van der Waals surface area contributed by atoms with Gasteiger partial charge in [0.15, 0.2) is 9.84 Å². The minimum atomic E-state index is -3.20. The Bertz CT molecular complexity index is 629. The van der Waals surface area contributed by atoms with Crippen molar-refractivity contribution < 1.29 is 17.5 Å². The third-order valence-corrected chi connectivity index (χ3v) is 6.26. The van der Waals surface area contributed by atoms with Gasteiger partial charge in [0.05, 0.1) is 18.1 Å². The molecule has 24 heavy (non-hydrogen) atoms. The van der Waals surface area contributed by atoms with Crippen molar-refractivity contribution >= 4 is 9.84 Å². The van der Waals surface area contributed by atoms with E-state index in [4.69, 9.17) is 10.5 Å². The van der Waals surface area contributed by atoms with Gasteiger partial charge in [0.25, 0.3) is 0 Å². The Morgan fingerprint density at radius 2 is 2.04 bits per heavy atom. The van der Waals surface area contributed by atoms with Gasteiger partial charge < -0.3 is 10.5 Å². The maximum absolute atomic E-state index is 14.1. The van der Waals surface area contributed by atoms with E-state index in [0.717, 1.165) is 12.8 Å². The van der Waals surface area contributed by atoms with E-state index in [-0.39, 0.29) is 17.3 Å². The molecule has 1 aliphatic rings. The lowest BCUT2D eigenvalue weighted by Gasteiger charge is -2.15. The normalized spacial score (nSPS) is 16.1. The second kappa shape index (κ2) is 8.81. The topological polar surface area (TPSA) is 69.4 Å². The number of benzene rings is 1. The molecule has 2 N–H and O–H groups in total. The van der Waals surface area contributed by atoms with E-state index in [2.05, 4.69) is 0 Å². The first-order valence-electron chi connectivity index (χ1n) is 8.74. The van der Waals surface area contributed by atoms with Crippen molar-refractivity contribution in [2.24, 2.45) is 11.7 Å². The van der Waals surface area contributed by atoms with E-state index in [9.17, 15) is 12.8 Å². The molecule has 1 atom stereocenters. The van der Waals surface area contributed by atoms with E-state index in [0.29, 0.717) is 36.8 Å². The molecule has 0 spiro atoms. The van der Waals surface area contributed by atoms with E-state index >= 15 is 0 Å². The minimum absolute atomic E-state index is 0.0430. The van der Waals surface area contributed by atoms with Crippen LogP contribution in [0, 0.1) is 11.7 Å². The van der Waals surface area contributed by atoms with Crippen molar-refractivity contribution in [1.29, 1.82) is 0 Å². The van der Waals surface area contributed by atoms with Crippen LogP contribution in [0.2, 0.25) is 0 Å². The number of nitrogens with two attached hydrogens (primary N) is 1. The summed E-state index contributed by atoms with van der Waals surface area (Å²) in [6.07, 6.45) is 4.63. The van der Waals surface area contributed by atoms with Crippen LogP contribution in [0.15, 0.2) is 18.2 Å². The SMILES string of the molecule is C[C@H](CS(=O)(=O)CCCCCN)c1cc(OCC2CC2)ccc1F. The zero-order valence-corrected chi connectivity index (χ0v) is 15.2. The molecule has 0 amide bonds. The van der Waals surface area contributed by atoms with Crippen LogP contribution in [0.5, 0.6) is 5.75 Å². The molecule has 1 aromatic rings. The predicted octanol–water partition coefficient (Wildman–Crippen LogP) is 3.26. The minimum Gasteiger partial charge on any atom is -0.493 e. The van der Waals surface area contributed by atoms with Gasteiger partial charge >= 0.3 is 0 Å². The van der Waals surface area contributed by atoms with Crippen molar-refractivity contribution in [3.63, 3.8) is 0 Å². The fourth-order valence-electron chi connectivity index (χ4n) is 2.68. The molecule has 0 radical (unpaired) electrons. The fourth-order valence-corrected chi connectivity index (χ4v) is 4.44. The van der Waals surface area contributed by atoms with Crippen molar-refractivity contribution in [3.8, 4) is 5.75 Å². The highest BCUT2D eigenvalue weighted by Crippen LogP contribution is 2.31. The standard InChI is InChI=1S/C18H28FNO3S/c1-14(13-24(21,22)10-4-2-3-9-20)17-11-16(7-8-18(17)19)23-12-15-5-6-15/h7-8,11,14-15H,2-6,9-10,12-13,20H2,1H3/t14-/m1/s1. The van der Waals surface area contributed by atoms with Crippen LogP contribution >= 0.6 is 0 Å². The van der Waals surface area contributed by atoms with Crippen LogP contribution in [0.4, 0.5) is 4.39 Å². The van der Waals surface area contributed by atoms with Crippen LogP contribution in [0.1, 0.15) is 50.5 Å². The van der Waals surface area contributed by atoms with Crippen LogP contribution < -0.4 is 10.5 Å². The van der Waals surface area contributed by atoms with Crippen LogP contribution in [0.3, 0.4) is 0 Å². The second-order valence-electron chi connectivity index (χ2n) is 6.80. The summed E-state index contributed by atoms with van der Waals surface area (Å²) < 4.78 is 44.2. The van der Waals surface area contributed by atoms with Gasteiger partial charge in [0, 0.05) is 0 Å². The fraction of sp³-hybridized carbons (Fsp3) is 0.667. The van der Waals surface area contributed by atoms with Crippen LogP contribution in [-0.2, 0) is 9.84 Å². The van der Waals surface area contributed by atoms with Crippen molar-refractivity contribution in [2.75, 3.05) is 24.7 Å². The van der Waals surface area contributed by atoms with E-state index in [1.807, 2.05) is 0 Å². The first kappa shape index (κ1) is 19.2. The Morgan fingerprint density at radius 1 is 1.29 bits per heavy atom. The van der Waals surface area contributed by atoms with Gasteiger partial charge in [0.2, 0.25) is 0 Å². The van der Waals surface area contributed by atoms with Gasteiger partial charge in [0.1, 0.15) is 11.6 Å². The van der Waals surface area contributed by atoms with Crippen molar-refractivity contribution in [1.82, 2.24) is 0 Å². The number of halogens is 1. The molecule has 1 aromatic carbocycles. The van der Waals surface area contributed by atoms with Gasteiger partial charge in [-0.3, -0.25) is 0 Å². The zero-order chi connectivity index (χ0) is 17.6. The average molecular weight is 357 g/mol. The van der Waals surface area contributed by atoms with E-state index in [1.165, 1.54) is 18.9 Å². The van der Waals surface area contributed by atoms with Crippen LogP contribution in [0.25, 0.3) is 0 Å². The molecule has 0 unspecified atom stereocenters. The maximum atomic E-state index is 14.1. The van der Waals surface area contributed by atoms with Gasteiger partial charge in [-0.1, -0.05) is 13.3 Å². The van der Waals surface area contributed by atoms with Crippen LogP contribution in [-0.4, -0.2) is 33.1 Å². The summed E-state index contributed by atoms with van der Waals surface area (Å²) in [5.74, 6) is 0.555. The lowest BCUT2D eigenvalue weighted by Crippen LogP contribution is -2.17. The molecular weight excluding hydrogens is 329 g/mol. The van der Waals surface area contributed by atoms with Gasteiger partial charge in [-0.2, -0.15) is 0 Å². The van der Waals surface area contributed by atoms with Gasteiger partial charge in [-0.25, -0.2) is 12.8 Å². The largest absolute Gasteiger partial charge is 0.493 e. The molecule has 1 saturated carbocycles. The first-order valence-corrected chi connectivity index (χ1v) is 10.6. The number of unbranched alkanes of at least 4 members (excludes halogenated alkanes) is 2. The number of hydrogen-bond acceptors (Lipinski definition) is 4. The Balaban J connectivity index is 1.94. The molecule has 1 fully saturated rings. The number of hydrogen-bond donors (Lipinski definition) is 1.